The van der Waals surface area contributed by atoms with Gasteiger partial charge in [0.25, 0.3) is 10.1 Å². The maximum Gasteiger partial charge on any atom is 0.413 e. The topological polar surface area (TPSA) is 52.6 Å². The molecular formula is C9H7Cl2F3O4S. The Bertz CT molecular complexity index is 572. The van der Waals surface area contributed by atoms with Crippen LogP contribution < -0.4 is 4.74 Å². The molecule has 1 aromatic rings. The molecule has 4 nitrogen and oxygen atoms in total. The molecule has 0 bridgehead atoms. The third-order valence-electron chi connectivity index (χ3n) is 1.85. The van der Waals surface area contributed by atoms with E-state index in [1.807, 2.05) is 0 Å². The summed E-state index contributed by atoms with van der Waals surface area (Å²) in [7, 11) is -3.39. The van der Waals surface area contributed by atoms with Gasteiger partial charge in [0.2, 0.25) is 0 Å². The number of ether oxygens (including phenoxy) is 1. The second-order valence-corrected chi connectivity index (χ2v) is 5.65. The average Bonchev–Trinajstić information content (AvgIpc) is 2.28. The molecule has 0 aliphatic rings. The van der Waals surface area contributed by atoms with Crippen molar-refractivity contribution in [3.63, 3.8) is 0 Å². The predicted molar refractivity (Wildman–Crippen MR) is 62.2 cm³/mol. The van der Waals surface area contributed by atoms with Crippen LogP contribution in [0.15, 0.2) is 17.0 Å². The monoisotopic (exact) mass is 338 g/mol. The number of benzene rings is 1. The summed E-state index contributed by atoms with van der Waals surface area (Å²) in [5, 5.41) is -0.482. The fraction of sp³-hybridized carbons (Fsp3) is 0.333. The van der Waals surface area contributed by atoms with Crippen molar-refractivity contribution in [1.29, 1.82) is 0 Å². The van der Waals surface area contributed by atoms with E-state index in [1.165, 1.54) is 7.11 Å². The summed E-state index contributed by atoms with van der Waals surface area (Å²) in [6.45, 7) is -1.95. The summed E-state index contributed by atoms with van der Waals surface area (Å²) in [6.07, 6.45) is -4.78. The number of methoxy groups -OCH3 is 1. The van der Waals surface area contributed by atoms with Crippen LogP contribution in [0.1, 0.15) is 0 Å². The maximum atomic E-state index is 11.9. The van der Waals surface area contributed by atoms with Crippen LogP contribution in [0.2, 0.25) is 10.0 Å². The SMILES string of the molecule is COc1cc(Cl)c(S(=O)(=O)OCC(F)(F)F)cc1Cl. The van der Waals surface area contributed by atoms with Crippen molar-refractivity contribution in [2.75, 3.05) is 13.7 Å². The third kappa shape index (κ3) is 4.41. The highest BCUT2D eigenvalue weighted by atomic mass is 35.5. The Kier molecular flexibility index (Phi) is 4.94. The van der Waals surface area contributed by atoms with Crippen LogP contribution in [0, 0.1) is 0 Å². The Morgan fingerprint density at radius 2 is 1.79 bits per heavy atom. The van der Waals surface area contributed by atoms with Gasteiger partial charge in [0, 0.05) is 6.07 Å². The first-order chi connectivity index (χ1) is 8.57. The van der Waals surface area contributed by atoms with E-state index in [4.69, 9.17) is 27.9 Å². The van der Waals surface area contributed by atoms with Crippen molar-refractivity contribution in [2.45, 2.75) is 11.1 Å². The van der Waals surface area contributed by atoms with Gasteiger partial charge in [-0.25, -0.2) is 0 Å². The number of halogens is 5. The molecule has 0 aliphatic carbocycles. The van der Waals surface area contributed by atoms with Crippen molar-refractivity contribution in [3.8, 4) is 5.75 Å². The van der Waals surface area contributed by atoms with E-state index in [0.717, 1.165) is 12.1 Å². The first-order valence-electron chi connectivity index (χ1n) is 4.56. The lowest BCUT2D eigenvalue weighted by Crippen LogP contribution is -2.20. The van der Waals surface area contributed by atoms with Gasteiger partial charge in [-0.1, -0.05) is 23.2 Å². The van der Waals surface area contributed by atoms with Gasteiger partial charge in [0.15, 0.2) is 6.61 Å². The molecule has 10 heteroatoms. The quantitative estimate of drug-likeness (QED) is 0.790. The number of rotatable bonds is 4. The minimum atomic E-state index is -4.78. The second kappa shape index (κ2) is 5.74. The normalized spacial score (nSPS) is 12.5. The molecule has 0 saturated carbocycles. The van der Waals surface area contributed by atoms with Gasteiger partial charge in [-0.2, -0.15) is 21.6 Å². The van der Waals surface area contributed by atoms with E-state index >= 15 is 0 Å². The van der Waals surface area contributed by atoms with Crippen LogP contribution >= 0.6 is 23.2 Å². The highest BCUT2D eigenvalue weighted by Crippen LogP contribution is 2.34. The van der Waals surface area contributed by atoms with Gasteiger partial charge >= 0.3 is 6.18 Å². The zero-order chi connectivity index (χ0) is 14.8. The second-order valence-electron chi connectivity index (χ2n) is 3.25. The summed E-state index contributed by atoms with van der Waals surface area (Å²) in [5.41, 5.74) is 0. The molecule has 0 aliphatic heterocycles. The molecule has 0 saturated heterocycles. The summed E-state index contributed by atoms with van der Waals surface area (Å²) in [4.78, 5) is -0.663. The van der Waals surface area contributed by atoms with Crippen LogP contribution in [0.3, 0.4) is 0 Å². The lowest BCUT2D eigenvalue weighted by atomic mass is 10.3. The Hall–Kier alpha value is -0.700. The van der Waals surface area contributed by atoms with E-state index in [9.17, 15) is 21.6 Å². The first kappa shape index (κ1) is 16.4. The van der Waals surface area contributed by atoms with Crippen LogP contribution in [0.25, 0.3) is 0 Å². The molecule has 1 rings (SSSR count). The fourth-order valence-electron chi connectivity index (χ4n) is 1.07. The molecule has 0 unspecified atom stereocenters. The van der Waals surface area contributed by atoms with Crippen LogP contribution in [-0.2, 0) is 14.3 Å². The van der Waals surface area contributed by atoms with Crippen molar-refractivity contribution in [3.05, 3.63) is 22.2 Å². The van der Waals surface area contributed by atoms with Crippen molar-refractivity contribution in [1.82, 2.24) is 0 Å². The number of hydrogen-bond acceptors (Lipinski definition) is 4. The molecule has 0 amide bonds. The Morgan fingerprint density at radius 3 is 2.26 bits per heavy atom. The Balaban J connectivity index is 3.12. The molecule has 0 aromatic heterocycles. The number of hydrogen-bond donors (Lipinski definition) is 0. The Morgan fingerprint density at radius 1 is 1.21 bits per heavy atom. The molecule has 19 heavy (non-hydrogen) atoms. The molecule has 0 N–H and O–H groups in total. The van der Waals surface area contributed by atoms with Gasteiger partial charge in [-0.3, -0.25) is 4.18 Å². The average molecular weight is 339 g/mol. The van der Waals surface area contributed by atoms with Gasteiger partial charge in [-0.15, -0.1) is 0 Å². The lowest BCUT2D eigenvalue weighted by Gasteiger charge is -2.11. The molecule has 0 spiro atoms. The molecule has 0 heterocycles. The smallest absolute Gasteiger partial charge is 0.413 e. The highest BCUT2D eigenvalue weighted by molar-refractivity contribution is 7.86. The van der Waals surface area contributed by atoms with E-state index < -0.39 is 27.8 Å². The van der Waals surface area contributed by atoms with Crippen LogP contribution in [0.4, 0.5) is 13.2 Å². The summed E-state index contributed by atoms with van der Waals surface area (Å²) in [6, 6.07) is 1.92. The molecule has 0 fully saturated rings. The maximum absolute atomic E-state index is 11.9. The van der Waals surface area contributed by atoms with Crippen molar-refractivity contribution >= 4 is 33.3 Å². The summed E-state index contributed by atoms with van der Waals surface area (Å²) in [5.74, 6) is 0.0847. The highest BCUT2D eigenvalue weighted by Gasteiger charge is 2.32. The van der Waals surface area contributed by atoms with Crippen LogP contribution in [0.5, 0.6) is 5.75 Å². The largest absolute Gasteiger partial charge is 0.495 e. The predicted octanol–water partition coefficient (Wildman–Crippen LogP) is 3.27. The number of alkyl halides is 3. The van der Waals surface area contributed by atoms with Gasteiger partial charge in [0.05, 0.1) is 17.2 Å². The summed E-state index contributed by atoms with van der Waals surface area (Å²) >= 11 is 11.3. The van der Waals surface area contributed by atoms with Crippen molar-refractivity contribution in [2.24, 2.45) is 0 Å². The molecule has 1 aromatic carbocycles. The van der Waals surface area contributed by atoms with Gasteiger partial charge in [-0.05, 0) is 6.07 Å². The van der Waals surface area contributed by atoms with Gasteiger partial charge in [0.1, 0.15) is 10.6 Å². The molecule has 0 atom stereocenters. The van der Waals surface area contributed by atoms with Gasteiger partial charge < -0.3 is 4.74 Å². The van der Waals surface area contributed by atoms with E-state index in [0.29, 0.717) is 0 Å². The zero-order valence-electron chi connectivity index (χ0n) is 9.29. The Labute approximate surface area is 117 Å². The molecular weight excluding hydrogens is 332 g/mol. The third-order valence-corrected chi connectivity index (χ3v) is 3.88. The van der Waals surface area contributed by atoms with Crippen LogP contribution in [-0.4, -0.2) is 28.3 Å². The molecule has 0 radical (unpaired) electrons. The fourth-order valence-corrected chi connectivity index (χ4v) is 2.78. The lowest BCUT2D eigenvalue weighted by molar-refractivity contribution is -0.152. The zero-order valence-corrected chi connectivity index (χ0v) is 11.6. The minimum absolute atomic E-state index is 0.0847. The standard InChI is InChI=1S/C9H7Cl2F3O4S/c1-17-7-2-6(11)8(3-5(7)10)19(15,16)18-4-9(12,13)14/h2-3H,4H2,1H3. The van der Waals surface area contributed by atoms with Crippen molar-refractivity contribution < 1.29 is 30.5 Å². The molecule has 108 valence electrons. The minimum Gasteiger partial charge on any atom is -0.495 e. The first-order valence-corrected chi connectivity index (χ1v) is 6.72. The van der Waals surface area contributed by atoms with E-state index in [2.05, 4.69) is 4.18 Å². The van der Waals surface area contributed by atoms with E-state index in [1.54, 1.807) is 0 Å². The van der Waals surface area contributed by atoms with E-state index in [-0.39, 0.29) is 15.8 Å². The summed E-state index contributed by atoms with van der Waals surface area (Å²) < 4.78 is 67.5.